The lowest BCUT2D eigenvalue weighted by molar-refractivity contribution is -0.140. The summed E-state index contributed by atoms with van der Waals surface area (Å²) in [6.45, 7) is 7.93. The smallest absolute Gasteiger partial charge is 0.417 e. The maximum atomic E-state index is 13.3. The Hall–Kier alpha value is -3.15. The van der Waals surface area contributed by atoms with Gasteiger partial charge in [-0.1, -0.05) is 67.5 Å². The molecular formula is C25H28N2O4. The number of imide groups is 1. The molecule has 0 bridgehead atoms. The molecule has 4 rings (SSSR count). The van der Waals surface area contributed by atoms with Crippen LogP contribution in [0.2, 0.25) is 0 Å². The zero-order valence-corrected chi connectivity index (χ0v) is 18.4. The standard InChI is InChI=1S/C25H28N2O4/c1-16(2)18-11-8-12-19(14-18)20-15-21(31-26-20)23(28)27-22(25(3,4)30-24(27)29)13-17-9-6-5-7-10-17/h5-12,14,16,21-22H,13,15H2,1-4H3/t21-,22-/m0/s1. The molecule has 0 unspecified atom stereocenters. The van der Waals surface area contributed by atoms with E-state index in [9.17, 15) is 9.59 Å². The number of benzene rings is 2. The molecule has 1 fully saturated rings. The molecule has 0 spiro atoms. The van der Waals surface area contributed by atoms with Crippen molar-refractivity contribution in [2.24, 2.45) is 5.16 Å². The van der Waals surface area contributed by atoms with Gasteiger partial charge >= 0.3 is 6.09 Å². The first-order valence-corrected chi connectivity index (χ1v) is 10.7. The lowest BCUT2D eigenvalue weighted by Gasteiger charge is -2.28. The maximum absolute atomic E-state index is 13.3. The number of cyclic esters (lactones) is 1. The maximum Gasteiger partial charge on any atom is 0.417 e. The van der Waals surface area contributed by atoms with Crippen LogP contribution in [0.5, 0.6) is 0 Å². The SMILES string of the molecule is CC(C)c1cccc(C2=NO[C@H](C(=O)N3C(=O)OC(C)(C)[C@@H]3Cc3ccccc3)C2)c1. The summed E-state index contributed by atoms with van der Waals surface area (Å²) in [7, 11) is 0. The first-order valence-electron chi connectivity index (χ1n) is 10.7. The average Bonchev–Trinajstić information content (AvgIpc) is 3.31. The lowest BCUT2D eigenvalue weighted by Crippen LogP contribution is -2.49. The number of carbonyl (C=O) groups excluding carboxylic acids is 2. The van der Waals surface area contributed by atoms with Crippen LogP contribution in [-0.2, 0) is 20.8 Å². The topological polar surface area (TPSA) is 68.2 Å². The molecule has 0 aliphatic carbocycles. The Morgan fingerprint density at radius 2 is 1.90 bits per heavy atom. The van der Waals surface area contributed by atoms with Gasteiger partial charge in [-0.05, 0) is 48.9 Å². The van der Waals surface area contributed by atoms with E-state index in [4.69, 9.17) is 9.57 Å². The van der Waals surface area contributed by atoms with Gasteiger partial charge in [-0.3, -0.25) is 4.79 Å². The fourth-order valence-corrected chi connectivity index (χ4v) is 4.11. The van der Waals surface area contributed by atoms with E-state index in [1.165, 1.54) is 10.5 Å². The van der Waals surface area contributed by atoms with Crippen molar-refractivity contribution in [1.29, 1.82) is 0 Å². The van der Waals surface area contributed by atoms with Crippen molar-refractivity contribution < 1.29 is 19.2 Å². The molecule has 2 aromatic carbocycles. The third-order valence-electron chi connectivity index (χ3n) is 6.00. The number of nitrogens with zero attached hydrogens (tertiary/aromatic N) is 2. The van der Waals surface area contributed by atoms with Crippen molar-refractivity contribution in [3.8, 4) is 0 Å². The third kappa shape index (κ3) is 4.20. The summed E-state index contributed by atoms with van der Waals surface area (Å²) in [5, 5.41) is 4.17. The minimum Gasteiger partial charge on any atom is -0.441 e. The van der Waals surface area contributed by atoms with Crippen molar-refractivity contribution >= 4 is 17.7 Å². The van der Waals surface area contributed by atoms with Crippen LogP contribution >= 0.6 is 0 Å². The molecule has 2 amide bonds. The van der Waals surface area contributed by atoms with E-state index in [1.54, 1.807) is 0 Å². The first-order chi connectivity index (χ1) is 14.8. The van der Waals surface area contributed by atoms with Gasteiger partial charge in [0, 0.05) is 6.42 Å². The van der Waals surface area contributed by atoms with Crippen LogP contribution in [-0.4, -0.2) is 40.4 Å². The second kappa shape index (κ2) is 8.17. The molecule has 1 saturated heterocycles. The van der Waals surface area contributed by atoms with Crippen molar-refractivity contribution in [3.05, 3.63) is 71.3 Å². The quantitative estimate of drug-likeness (QED) is 0.705. The molecule has 2 aliphatic rings. The van der Waals surface area contributed by atoms with Crippen LogP contribution in [0.3, 0.4) is 0 Å². The third-order valence-corrected chi connectivity index (χ3v) is 6.00. The molecule has 2 aliphatic heterocycles. The molecule has 2 atom stereocenters. The highest BCUT2D eigenvalue weighted by atomic mass is 16.6. The second-order valence-corrected chi connectivity index (χ2v) is 9.00. The number of oxime groups is 1. The molecule has 6 heteroatoms. The van der Waals surface area contributed by atoms with Crippen molar-refractivity contribution in [2.75, 3.05) is 0 Å². The van der Waals surface area contributed by atoms with Crippen LogP contribution < -0.4 is 0 Å². The monoisotopic (exact) mass is 420 g/mol. The van der Waals surface area contributed by atoms with Gasteiger partial charge in [-0.25, -0.2) is 9.69 Å². The van der Waals surface area contributed by atoms with Gasteiger partial charge in [0.25, 0.3) is 5.91 Å². The Morgan fingerprint density at radius 1 is 1.16 bits per heavy atom. The van der Waals surface area contributed by atoms with E-state index >= 15 is 0 Å². The second-order valence-electron chi connectivity index (χ2n) is 9.00. The van der Waals surface area contributed by atoms with E-state index in [0.717, 1.165) is 11.1 Å². The van der Waals surface area contributed by atoms with E-state index < -0.39 is 29.7 Å². The molecule has 2 aromatic rings. The molecule has 0 radical (unpaired) electrons. The summed E-state index contributed by atoms with van der Waals surface area (Å²) in [5.74, 6) is -0.0177. The molecule has 6 nitrogen and oxygen atoms in total. The van der Waals surface area contributed by atoms with E-state index in [-0.39, 0.29) is 0 Å². The molecular weight excluding hydrogens is 392 g/mol. The summed E-state index contributed by atoms with van der Waals surface area (Å²) >= 11 is 0. The van der Waals surface area contributed by atoms with Crippen molar-refractivity contribution in [3.63, 3.8) is 0 Å². The lowest BCUT2D eigenvalue weighted by atomic mass is 9.91. The van der Waals surface area contributed by atoms with E-state index in [2.05, 4.69) is 31.1 Å². The number of amides is 2. The van der Waals surface area contributed by atoms with Crippen molar-refractivity contribution in [1.82, 2.24) is 4.90 Å². The van der Waals surface area contributed by atoms with Gasteiger partial charge in [0.05, 0.1) is 11.8 Å². The summed E-state index contributed by atoms with van der Waals surface area (Å²) in [4.78, 5) is 32.7. The Kier molecular flexibility index (Phi) is 5.56. The minimum absolute atomic E-state index is 0.322. The average molecular weight is 421 g/mol. The summed E-state index contributed by atoms with van der Waals surface area (Å²) in [6, 6.07) is 17.5. The molecule has 0 N–H and O–H groups in total. The highest BCUT2D eigenvalue weighted by molar-refractivity contribution is 6.06. The number of rotatable bonds is 5. The molecule has 2 heterocycles. The molecule has 0 aromatic heterocycles. The number of ether oxygens (including phenoxy) is 1. The van der Waals surface area contributed by atoms with Gasteiger partial charge in [-0.15, -0.1) is 0 Å². The number of hydrogen-bond acceptors (Lipinski definition) is 5. The van der Waals surface area contributed by atoms with Crippen LogP contribution in [0.15, 0.2) is 59.8 Å². The predicted octanol–water partition coefficient (Wildman–Crippen LogP) is 4.67. The Morgan fingerprint density at radius 3 is 2.61 bits per heavy atom. The Balaban J connectivity index is 1.52. The summed E-state index contributed by atoms with van der Waals surface area (Å²) < 4.78 is 5.55. The Labute approximate surface area is 182 Å². The van der Waals surface area contributed by atoms with Crippen LogP contribution in [0, 0.1) is 0 Å². The number of carbonyl (C=O) groups is 2. The number of hydrogen-bond donors (Lipinski definition) is 0. The van der Waals surface area contributed by atoms with Crippen LogP contribution in [0.4, 0.5) is 4.79 Å². The zero-order valence-electron chi connectivity index (χ0n) is 18.4. The van der Waals surface area contributed by atoms with Crippen molar-refractivity contribution in [2.45, 2.75) is 64.2 Å². The molecule has 162 valence electrons. The van der Waals surface area contributed by atoms with E-state index in [1.807, 2.05) is 56.3 Å². The van der Waals surface area contributed by atoms with Gasteiger partial charge < -0.3 is 9.57 Å². The molecule has 31 heavy (non-hydrogen) atoms. The van der Waals surface area contributed by atoms with Crippen LogP contribution in [0.25, 0.3) is 0 Å². The minimum atomic E-state index is -0.836. The summed E-state index contributed by atoms with van der Waals surface area (Å²) in [5.41, 5.74) is 3.09. The fourth-order valence-electron chi connectivity index (χ4n) is 4.11. The fraction of sp³-hybridized carbons (Fsp3) is 0.400. The summed E-state index contributed by atoms with van der Waals surface area (Å²) in [6.07, 6.45) is -0.627. The largest absolute Gasteiger partial charge is 0.441 e. The highest BCUT2D eigenvalue weighted by Gasteiger charge is 2.52. The predicted molar refractivity (Wildman–Crippen MR) is 118 cm³/mol. The zero-order chi connectivity index (χ0) is 22.2. The van der Waals surface area contributed by atoms with E-state index in [0.29, 0.717) is 24.5 Å². The van der Waals surface area contributed by atoms with Gasteiger partial charge in [0.2, 0.25) is 6.10 Å². The molecule has 0 saturated carbocycles. The van der Waals surface area contributed by atoms with Gasteiger partial charge in [0.15, 0.2) is 0 Å². The normalized spacial score (nSPS) is 22.3. The Bertz CT molecular complexity index is 1010. The van der Waals surface area contributed by atoms with Crippen LogP contribution in [0.1, 0.15) is 56.7 Å². The first kappa shape index (κ1) is 21.1. The highest BCUT2D eigenvalue weighted by Crippen LogP contribution is 2.34. The van der Waals surface area contributed by atoms with Gasteiger partial charge in [0.1, 0.15) is 5.60 Å². The van der Waals surface area contributed by atoms with Gasteiger partial charge in [-0.2, -0.15) is 0 Å².